The van der Waals surface area contributed by atoms with Crippen LogP contribution in [-0.4, -0.2) is 26.4 Å². The van der Waals surface area contributed by atoms with Gasteiger partial charge >= 0.3 is 0 Å². The third-order valence-corrected chi connectivity index (χ3v) is 4.18. The molecule has 0 radical (unpaired) electrons. The maximum absolute atomic E-state index is 11.1. The predicted molar refractivity (Wildman–Crippen MR) is 54.7 cm³/mol. The van der Waals surface area contributed by atoms with E-state index in [-0.39, 0.29) is 18.0 Å². The lowest BCUT2D eigenvalue weighted by Crippen LogP contribution is -2.25. The van der Waals surface area contributed by atoms with Crippen LogP contribution in [0.15, 0.2) is 11.5 Å². The summed E-state index contributed by atoms with van der Waals surface area (Å²) in [4.78, 5) is 0. The van der Waals surface area contributed by atoms with Gasteiger partial charge in [-0.25, -0.2) is 8.42 Å². The molecule has 1 atom stereocenters. The molecule has 80 valence electrons. The minimum absolute atomic E-state index is 0.142. The minimum Gasteiger partial charge on any atom is -0.370 e. The maximum Gasteiger partial charge on any atom is 0.174 e. The van der Waals surface area contributed by atoms with Crippen LogP contribution in [0.1, 0.15) is 32.1 Å². The Morgan fingerprint density at radius 3 is 2.43 bits per heavy atom. The number of sulfone groups is 1. The minimum atomic E-state index is -2.95. The molecule has 3 nitrogen and oxygen atoms in total. The highest BCUT2D eigenvalue weighted by atomic mass is 32.2. The van der Waals surface area contributed by atoms with Crippen molar-refractivity contribution >= 4 is 9.84 Å². The van der Waals surface area contributed by atoms with E-state index in [4.69, 9.17) is 4.74 Å². The number of hydrogen-bond donors (Lipinski definition) is 0. The van der Waals surface area contributed by atoms with Crippen LogP contribution >= 0.6 is 0 Å². The summed E-state index contributed by atoms with van der Waals surface area (Å²) in [6.45, 7) is 0. The molecule has 0 N–H and O–H groups in total. The van der Waals surface area contributed by atoms with Gasteiger partial charge in [0.25, 0.3) is 0 Å². The third-order valence-electron chi connectivity index (χ3n) is 2.82. The van der Waals surface area contributed by atoms with Gasteiger partial charge in [-0.3, -0.25) is 0 Å². The van der Waals surface area contributed by atoms with Crippen LogP contribution in [0.2, 0.25) is 0 Å². The van der Waals surface area contributed by atoms with Crippen molar-refractivity contribution in [2.75, 3.05) is 5.75 Å². The van der Waals surface area contributed by atoms with Gasteiger partial charge in [0.1, 0.15) is 0 Å². The van der Waals surface area contributed by atoms with Gasteiger partial charge in [-0.05, 0) is 18.9 Å². The topological polar surface area (TPSA) is 43.4 Å². The average molecular weight is 216 g/mol. The van der Waals surface area contributed by atoms with Crippen molar-refractivity contribution in [3.05, 3.63) is 11.5 Å². The average Bonchev–Trinajstić information content (AvgIpc) is 2.47. The zero-order chi connectivity index (χ0) is 10.0. The van der Waals surface area contributed by atoms with Crippen molar-refractivity contribution < 1.29 is 13.2 Å². The smallest absolute Gasteiger partial charge is 0.174 e. The van der Waals surface area contributed by atoms with Gasteiger partial charge in [0.05, 0.1) is 18.0 Å². The molecule has 1 saturated carbocycles. The first-order chi connectivity index (χ1) is 6.66. The van der Waals surface area contributed by atoms with Gasteiger partial charge in [0.2, 0.25) is 0 Å². The van der Waals surface area contributed by atoms with E-state index in [2.05, 4.69) is 0 Å². The SMILES string of the molecule is O=S1(=O)C=CC(OC2CCCCC2)C1. The van der Waals surface area contributed by atoms with E-state index in [1.807, 2.05) is 0 Å². The fraction of sp³-hybridized carbons (Fsp3) is 0.800. The number of ether oxygens (including phenoxy) is 1. The van der Waals surface area contributed by atoms with Crippen molar-refractivity contribution in [1.29, 1.82) is 0 Å². The summed E-state index contributed by atoms with van der Waals surface area (Å²) in [5.74, 6) is 0.142. The van der Waals surface area contributed by atoms with E-state index in [1.54, 1.807) is 6.08 Å². The normalized spacial score (nSPS) is 32.1. The van der Waals surface area contributed by atoms with Crippen molar-refractivity contribution in [2.24, 2.45) is 0 Å². The van der Waals surface area contributed by atoms with Crippen molar-refractivity contribution in [3.63, 3.8) is 0 Å². The standard InChI is InChI=1S/C10H16O3S/c11-14(12)7-6-10(8-14)13-9-4-2-1-3-5-9/h6-7,9-10H,1-5,8H2. The molecule has 0 amide bonds. The largest absolute Gasteiger partial charge is 0.370 e. The molecule has 0 aromatic rings. The molecular weight excluding hydrogens is 200 g/mol. The highest BCUT2D eigenvalue weighted by Gasteiger charge is 2.25. The first-order valence-electron chi connectivity index (χ1n) is 5.22. The molecule has 0 aromatic carbocycles. The van der Waals surface area contributed by atoms with Crippen molar-refractivity contribution in [3.8, 4) is 0 Å². The lowest BCUT2D eigenvalue weighted by atomic mass is 9.98. The van der Waals surface area contributed by atoms with Crippen LogP contribution in [0.5, 0.6) is 0 Å². The summed E-state index contributed by atoms with van der Waals surface area (Å²) in [6.07, 6.45) is 7.66. The Balaban J connectivity index is 1.84. The molecule has 0 bridgehead atoms. The Kier molecular flexibility index (Phi) is 2.93. The fourth-order valence-electron chi connectivity index (χ4n) is 2.08. The molecule has 0 aromatic heterocycles. The number of rotatable bonds is 2. The molecule has 1 unspecified atom stereocenters. The summed E-state index contributed by atoms with van der Waals surface area (Å²) in [6, 6.07) is 0. The molecule has 1 aliphatic carbocycles. The Hall–Kier alpha value is -0.350. The fourth-order valence-corrected chi connectivity index (χ4v) is 3.25. The monoisotopic (exact) mass is 216 g/mol. The van der Waals surface area contributed by atoms with E-state index >= 15 is 0 Å². The Morgan fingerprint density at radius 1 is 1.14 bits per heavy atom. The van der Waals surface area contributed by atoms with Crippen LogP contribution in [0, 0.1) is 0 Å². The van der Waals surface area contributed by atoms with Crippen LogP contribution in [0.3, 0.4) is 0 Å². The Morgan fingerprint density at radius 2 is 1.86 bits per heavy atom. The zero-order valence-corrected chi connectivity index (χ0v) is 9.00. The molecule has 1 fully saturated rings. The lowest BCUT2D eigenvalue weighted by molar-refractivity contribution is 0.00391. The van der Waals surface area contributed by atoms with Crippen LogP contribution in [0.4, 0.5) is 0 Å². The first-order valence-corrected chi connectivity index (χ1v) is 6.94. The van der Waals surface area contributed by atoms with Crippen LogP contribution < -0.4 is 0 Å². The van der Waals surface area contributed by atoms with E-state index in [1.165, 1.54) is 24.7 Å². The third kappa shape index (κ3) is 2.58. The second kappa shape index (κ2) is 4.03. The van der Waals surface area contributed by atoms with Gasteiger partial charge in [-0.15, -0.1) is 0 Å². The summed E-state index contributed by atoms with van der Waals surface area (Å²) < 4.78 is 28.0. The summed E-state index contributed by atoms with van der Waals surface area (Å²) >= 11 is 0. The molecule has 2 rings (SSSR count). The quantitative estimate of drug-likeness (QED) is 0.705. The highest BCUT2D eigenvalue weighted by Crippen LogP contribution is 2.23. The van der Waals surface area contributed by atoms with E-state index in [0.717, 1.165) is 12.8 Å². The zero-order valence-electron chi connectivity index (χ0n) is 8.19. The van der Waals surface area contributed by atoms with Crippen molar-refractivity contribution in [1.82, 2.24) is 0 Å². The molecule has 1 aliphatic heterocycles. The molecule has 4 heteroatoms. The van der Waals surface area contributed by atoms with E-state index in [0.29, 0.717) is 0 Å². The number of hydrogen-bond acceptors (Lipinski definition) is 3. The molecule has 14 heavy (non-hydrogen) atoms. The molecule has 1 heterocycles. The van der Waals surface area contributed by atoms with Gasteiger partial charge in [0, 0.05) is 5.41 Å². The lowest BCUT2D eigenvalue weighted by Gasteiger charge is -2.24. The highest BCUT2D eigenvalue weighted by molar-refractivity contribution is 7.94. The van der Waals surface area contributed by atoms with Gasteiger partial charge in [0.15, 0.2) is 9.84 Å². The first kappa shape index (κ1) is 10.2. The maximum atomic E-state index is 11.1. The van der Waals surface area contributed by atoms with E-state index < -0.39 is 9.84 Å². The Bertz CT molecular complexity index is 312. The Labute approximate surface area is 85.1 Å². The van der Waals surface area contributed by atoms with Gasteiger partial charge in [-0.2, -0.15) is 0 Å². The van der Waals surface area contributed by atoms with Gasteiger partial charge in [-0.1, -0.05) is 19.3 Å². The molecular formula is C10H16O3S. The molecule has 0 spiro atoms. The molecule has 0 saturated heterocycles. The van der Waals surface area contributed by atoms with Crippen LogP contribution in [-0.2, 0) is 14.6 Å². The van der Waals surface area contributed by atoms with Crippen molar-refractivity contribution in [2.45, 2.75) is 44.3 Å². The summed E-state index contributed by atoms with van der Waals surface area (Å²) in [5.41, 5.74) is 0. The van der Waals surface area contributed by atoms with Gasteiger partial charge < -0.3 is 4.74 Å². The van der Waals surface area contributed by atoms with E-state index in [9.17, 15) is 8.42 Å². The predicted octanol–water partition coefficient (Wildman–Crippen LogP) is 1.65. The molecule has 2 aliphatic rings. The second-order valence-corrected chi connectivity index (χ2v) is 6.02. The van der Waals surface area contributed by atoms with Crippen LogP contribution in [0.25, 0.3) is 0 Å². The summed E-state index contributed by atoms with van der Waals surface area (Å²) in [7, 11) is -2.95. The summed E-state index contributed by atoms with van der Waals surface area (Å²) in [5, 5.41) is 1.28. The second-order valence-electron chi connectivity index (χ2n) is 4.09.